The summed E-state index contributed by atoms with van der Waals surface area (Å²) in [5.41, 5.74) is 7.08. The molecule has 0 unspecified atom stereocenters. The van der Waals surface area contributed by atoms with Crippen LogP contribution in [-0.4, -0.2) is 133 Å². The summed E-state index contributed by atoms with van der Waals surface area (Å²) >= 11 is 0. The van der Waals surface area contributed by atoms with E-state index in [0.717, 1.165) is 30.4 Å². The van der Waals surface area contributed by atoms with Gasteiger partial charge in [-0.25, -0.2) is 19.6 Å². The molecule has 0 bridgehead atoms. The predicted molar refractivity (Wildman–Crippen MR) is 254 cm³/mol. The first-order valence-electron chi connectivity index (χ1n) is 20.2. The first-order chi connectivity index (χ1) is 32.2. The molecule has 2 aromatic carbocycles. The highest BCUT2D eigenvalue weighted by Gasteiger charge is 2.13. The van der Waals surface area contributed by atoms with Crippen LogP contribution in [0, 0.1) is 0 Å². The van der Waals surface area contributed by atoms with Crippen molar-refractivity contribution in [2.24, 2.45) is 0 Å². The van der Waals surface area contributed by atoms with Crippen LogP contribution in [0.4, 0.5) is 0 Å². The second-order valence-corrected chi connectivity index (χ2v) is 13.7. The minimum absolute atomic E-state index is 0. The van der Waals surface area contributed by atoms with Crippen molar-refractivity contribution in [2.45, 2.75) is 40.0 Å². The van der Waals surface area contributed by atoms with Crippen molar-refractivity contribution in [2.75, 3.05) is 0 Å². The monoisotopic (exact) mass is 912 g/mol. The van der Waals surface area contributed by atoms with E-state index in [1.807, 2.05) is 85.1 Å². The Morgan fingerprint density at radius 2 is 0.739 bits per heavy atom. The number of benzene rings is 2. The van der Waals surface area contributed by atoms with Crippen molar-refractivity contribution in [3.63, 3.8) is 0 Å². The van der Waals surface area contributed by atoms with Crippen molar-refractivity contribution in [1.82, 2.24) is 86.1 Å². The molecule has 0 aliphatic carbocycles. The Balaban J connectivity index is 0.000000221. The highest BCUT2D eigenvalue weighted by molar-refractivity contribution is 5.87. The van der Waals surface area contributed by atoms with Crippen LogP contribution in [0.2, 0.25) is 0 Å². The van der Waals surface area contributed by atoms with Crippen LogP contribution in [0.1, 0.15) is 58.2 Å². The molecule has 7 aromatic heterocycles. The molecule has 9 rings (SSSR count). The van der Waals surface area contributed by atoms with Gasteiger partial charge in [0.15, 0.2) is 0 Å². The molecule has 0 spiro atoms. The molecule has 9 radical (unpaired) electrons. The van der Waals surface area contributed by atoms with Crippen LogP contribution in [0.5, 0.6) is 0 Å². The van der Waals surface area contributed by atoms with Crippen molar-refractivity contribution in [1.29, 1.82) is 0 Å². The summed E-state index contributed by atoms with van der Waals surface area (Å²) in [5, 5.41) is 65.9. The van der Waals surface area contributed by atoms with Crippen LogP contribution in [-0.2, 0) is 19.3 Å². The summed E-state index contributed by atoms with van der Waals surface area (Å²) < 4.78 is 0. The molecule has 0 aliphatic rings. The van der Waals surface area contributed by atoms with Gasteiger partial charge in [-0.05, 0) is 66.3 Å². The highest BCUT2D eigenvalue weighted by atomic mass is 16.4. The molecule has 0 aliphatic heterocycles. The van der Waals surface area contributed by atoms with E-state index >= 15 is 0 Å². The van der Waals surface area contributed by atoms with E-state index in [1.165, 1.54) is 47.4 Å². The Morgan fingerprint density at radius 1 is 0.362 bits per heavy atom. The van der Waals surface area contributed by atoms with E-state index in [1.54, 1.807) is 6.20 Å². The largest absolute Gasteiger partial charge is 0.478 e. The molecule has 335 valence electrons. The van der Waals surface area contributed by atoms with E-state index in [-0.39, 0.29) is 53.8 Å². The fraction of sp³-hybridized carbons (Fsp3) is 0.133. The summed E-state index contributed by atoms with van der Waals surface area (Å²) in [6, 6.07) is 28.0. The lowest BCUT2D eigenvalue weighted by Crippen LogP contribution is -2.04. The van der Waals surface area contributed by atoms with Crippen LogP contribution < -0.4 is 0 Å². The zero-order valence-corrected chi connectivity index (χ0v) is 37.2. The first-order valence-corrected chi connectivity index (χ1v) is 20.2. The van der Waals surface area contributed by atoms with Gasteiger partial charge in [-0.2, -0.15) is 0 Å². The van der Waals surface area contributed by atoms with Crippen molar-refractivity contribution in [3.8, 4) is 69.0 Å². The number of aromatic carboxylic acids is 2. The summed E-state index contributed by atoms with van der Waals surface area (Å²) in [4.78, 5) is 41.8. The van der Waals surface area contributed by atoms with Gasteiger partial charge in [0.2, 0.25) is 40.8 Å². The Labute approximate surface area is 400 Å². The summed E-state index contributed by atoms with van der Waals surface area (Å²) in [5.74, 6) is 0.0604. The van der Waals surface area contributed by atoms with Gasteiger partial charge in [0.25, 0.3) is 0 Å². The number of carbonyl (C=O) groups is 2. The van der Waals surface area contributed by atoms with E-state index in [9.17, 15) is 9.59 Å². The standard InChI is InChI=1S/C16H13N5O2.C15H12N6O2.C14H12N6.3B/c1-2-10-3-5-11(6-4-10)14-18-20-15(21-19-14)13-8-7-12(9-17-13)16(22)23;1-2-9-3-5-10(6-4-9)12-18-20-14(21-19-12)13-16-7-11(8-17-13)15(22)23;1-2-10-6-7-12(16-9-10)14-19-17-13(18-20-14)11-5-3-4-8-15-11;;;/h3-9H,2H2,1H3,(H,22,23);3-8H,2H2,1H3,(H,22,23);3-9H,2H2,1H3;;;. The normalized spacial score (nSPS) is 10.0. The highest BCUT2D eigenvalue weighted by Crippen LogP contribution is 2.18. The second kappa shape index (κ2) is 25.6. The molecule has 0 fully saturated rings. The Kier molecular flexibility index (Phi) is 19.5. The van der Waals surface area contributed by atoms with Crippen molar-refractivity contribution < 1.29 is 19.8 Å². The Bertz CT molecular complexity index is 2840. The van der Waals surface area contributed by atoms with Gasteiger partial charge in [-0.1, -0.05) is 81.4 Å². The topological polar surface area (TPSA) is 294 Å². The van der Waals surface area contributed by atoms with E-state index in [0.29, 0.717) is 40.4 Å². The van der Waals surface area contributed by atoms with E-state index in [2.05, 4.69) is 107 Å². The minimum Gasteiger partial charge on any atom is -0.478 e. The Morgan fingerprint density at radius 3 is 1.10 bits per heavy atom. The number of hydrogen-bond acceptors (Lipinski definition) is 19. The van der Waals surface area contributed by atoms with Gasteiger partial charge in [-0.15, -0.1) is 61.2 Å². The van der Waals surface area contributed by atoms with Gasteiger partial charge >= 0.3 is 11.9 Å². The third-order valence-electron chi connectivity index (χ3n) is 9.37. The number of carboxylic acid groups (broad SMARTS) is 2. The average Bonchev–Trinajstić information content (AvgIpc) is 3.39. The molecule has 24 heteroatoms. The number of carboxylic acids is 2. The molecule has 9 aromatic rings. The summed E-state index contributed by atoms with van der Waals surface area (Å²) in [7, 11) is 0. The number of pyridine rings is 3. The van der Waals surface area contributed by atoms with Crippen LogP contribution >= 0.6 is 0 Å². The number of hydrogen-bond donors (Lipinski definition) is 2. The van der Waals surface area contributed by atoms with Gasteiger partial charge < -0.3 is 10.2 Å². The van der Waals surface area contributed by atoms with Crippen LogP contribution in [0.15, 0.2) is 122 Å². The molecule has 7 heterocycles. The zero-order chi connectivity index (χ0) is 46.3. The number of nitrogens with zero attached hydrogens (tertiary/aromatic N) is 17. The van der Waals surface area contributed by atoms with Gasteiger partial charge in [0, 0.05) is 67.4 Å². The number of aromatic nitrogens is 17. The molecule has 0 atom stereocenters. The first kappa shape index (κ1) is 52.5. The molecular formula is C45H37B3N17O4. The SMILES string of the molecule is CCc1ccc(-c2nnc(-c3ccc(C(=O)O)cn3)nn2)cc1.CCc1ccc(-c2nnc(-c3ccccn3)nn2)nc1.CCc1ccc(-c2nnc(-c3ncc(C(=O)O)cn3)nn2)cc1.[B].[B].[B]. The second-order valence-electron chi connectivity index (χ2n) is 13.7. The quantitative estimate of drug-likeness (QED) is 0.166. The molecule has 0 saturated heterocycles. The average molecular weight is 912 g/mol. The summed E-state index contributed by atoms with van der Waals surface area (Å²) in [6.45, 7) is 6.25. The van der Waals surface area contributed by atoms with Gasteiger partial charge in [0.1, 0.15) is 17.1 Å². The van der Waals surface area contributed by atoms with Crippen molar-refractivity contribution in [3.05, 3.63) is 150 Å². The molecular weight excluding hydrogens is 875 g/mol. The smallest absolute Gasteiger partial charge is 0.338 e. The maximum Gasteiger partial charge on any atom is 0.338 e. The number of aryl methyl sites for hydroxylation is 3. The fourth-order valence-corrected chi connectivity index (χ4v) is 5.56. The van der Waals surface area contributed by atoms with Gasteiger partial charge in [0.05, 0.1) is 11.1 Å². The van der Waals surface area contributed by atoms with Gasteiger partial charge in [-0.3, -0.25) is 15.0 Å². The lowest BCUT2D eigenvalue weighted by Gasteiger charge is -2.02. The lowest BCUT2D eigenvalue weighted by atomic mass is 10.1. The Hall–Kier alpha value is -9.08. The number of rotatable bonds is 11. The van der Waals surface area contributed by atoms with Crippen molar-refractivity contribution >= 4 is 37.2 Å². The van der Waals surface area contributed by atoms with Crippen LogP contribution in [0.3, 0.4) is 0 Å². The maximum atomic E-state index is 10.8. The summed E-state index contributed by atoms with van der Waals surface area (Å²) in [6.07, 6.45) is 9.98. The fourth-order valence-electron chi connectivity index (χ4n) is 5.56. The predicted octanol–water partition coefficient (Wildman–Crippen LogP) is 4.72. The van der Waals surface area contributed by atoms with E-state index in [4.69, 9.17) is 10.2 Å². The molecule has 2 N–H and O–H groups in total. The van der Waals surface area contributed by atoms with Crippen LogP contribution in [0.25, 0.3) is 69.0 Å². The third kappa shape index (κ3) is 14.0. The van der Waals surface area contributed by atoms with E-state index < -0.39 is 11.9 Å². The molecule has 21 nitrogen and oxygen atoms in total. The maximum absolute atomic E-state index is 10.8. The molecule has 0 saturated carbocycles. The lowest BCUT2D eigenvalue weighted by molar-refractivity contribution is 0.0685. The zero-order valence-electron chi connectivity index (χ0n) is 37.2. The minimum atomic E-state index is -1.10. The molecule has 69 heavy (non-hydrogen) atoms. The third-order valence-corrected chi connectivity index (χ3v) is 9.37. The molecule has 0 amide bonds.